The topological polar surface area (TPSA) is 185 Å². The third-order valence-electron chi connectivity index (χ3n) is 10.6. The summed E-state index contributed by atoms with van der Waals surface area (Å²) in [5.74, 6) is -1.06. The minimum Gasteiger partial charge on any atom is -0.382 e. The number of rotatable bonds is 9. The molecule has 14 nitrogen and oxygen atoms in total. The number of hydrogen-bond acceptors (Lipinski definition) is 11. The first-order valence-corrected chi connectivity index (χ1v) is 23.7. The molecular formula is C46H39ClF2N8O6S2. The fourth-order valence-corrected chi connectivity index (χ4v) is 9.33. The average molecular weight is 937 g/mol. The second-order valence-electron chi connectivity index (χ2n) is 14.8. The van der Waals surface area contributed by atoms with Crippen LogP contribution in [-0.2, 0) is 45.3 Å². The summed E-state index contributed by atoms with van der Waals surface area (Å²) >= 11 is 0. The van der Waals surface area contributed by atoms with E-state index in [1.807, 2.05) is 72.9 Å². The lowest BCUT2D eigenvalue weighted by atomic mass is 10.0. The summed E-state index contributed by atoms with van der Waals surface area (Å²) in [6.07, 6.45) is 4.59. The van der Waals surface area contributed by atoms with Crippen molar-refractivity contribution >= 4 is 29.8 Å². The van der Waals surface area contributed by atoms with Crippen LogP contribution < -0.4 is 5.32 Å². The third kappa shape index (κ3) is 10.2. The fraction of sp³-hybridized carbons (Fsp3) is 0.130. The van der Waals surface area contributed by atoms with Gasteiger partial charge in [-0.1, -0.05) is 60.7 Å². The number of aromatic nitrogens is 6. The van der Waals surface area contributed by atoms with Gasteiger partial charge >= 0.3 is 0 Å². The van der Waals surface area contributed by atoms with Gasteiger partial charge in [0.1, 0.15) is 12.2 Å². The van der Waals surface area contributed by atoms with Crippen molar-refractivity contribution in [2.24, 2.45) is 0 Å². The lowest BCUT2D eigenvalue weighted by molar-refractivity contribution is 0.215. The molecule has 0 aliphatic carbocycles. The van der Waals surface area contributed by atoms with Gasteiger partial charge in [-0.15, -0.1) is 0 Å². The van der Waals surface area contributed by atoms with Crippen molar-refractivity contribution in [2.75, 3.05) is 0 Å². The van der Waals surface area contributed by atoms with Crippen molar-refractivity contribution in [2.45, 2.75) is 48.2 Å². The van der Waals surface area contributed by atoms with Gasteiger partial charge in [0.25, 0.3) is 9.05 Å². The van der Waals surface area contributed by atoms with E-state index in [-0.39, 0.29) is 22.9 Å². The van der Waals surface area contributed by atoms with Gasteiger partial charge < -0.3 is 15.5 Å². The SMILES string of the molecule is O=S(=O)(Cl)c1ccc(-n2nccc2F)cc1.O=S(=O)(c1ccc(-n2nccc2F)cc1)N1Cc2cnc(C(O)c3ccccc3)cc2C1.OC(c1ccccc1)c1cc2c(cn1)CNC2. The van der Waals surface area contributed by atoms with Crippen molar-refractivity contribution in [3.05, 3.63) is 215 Å². The van der Waals surface area contributed by atoms with E-state index in [1.165, 1.54) is 88.5 Å². The molecule has 0 spiro atoms. The monoisotopic (exact) mass is 936 g/mol. The Morgan fingerprint density at radius 1 is 0.569 bits per heavy atom. The first-order valence-electron chi connectivity index (χ1n) is 19.9. The highest BCUT2D eigenvalue weighted by atomic mass is 35.7. The van der Waals surface area contributed by atoms with Gasteiger partial charge in [0.15, 0.2) is 0 Å². The molecule has 2 atom stereocenters. The molecular weight excluding hydrogens is 898 g/mol. The van der Waals surface area contributed by atoms with E-state index in [9.17, 15) is 35.8 Å². The highest BCUT2D eigenvalue weighted by Gasteiger charge is 2.32. The predicted molar refractivity (Wildman–Crippen MR) is 237 cm³/mol. The van der Waals surface area contributed by atoms with Crippen LogP contribution in [0.3, 0.4) is 0 Å². The summed E-state index contributed by atoms with van der Waals surface area (Å²) in [4.78, 5) is 8.76. The summed E-state index contributed by atoms with van der Waals surface area (Å²) in [5.41, 5.74) is 7.72. The molecule has 0 radical (unpaired) electrons. The largest absolute Gasteiger partial charge is 0.382 e. The molecule has 0 fully saturated rings. The van der Waals surface area contributed by atoms with Crippen LogP contribution in [0.5, 0.6) is 0 Å². The molecule has 65 heavy (non-hydrogen) atoms. The maximum absolute atomic E-state index is 13.7. The molecule has 3 N–H and O–H groups in total. The van der Waals surface area contributed by atoms with Gasteiger partial charge in [-0.05, 0) is 94.0 Å². The number of fused-ring (bicyclic) bond motifs is 2. The summed E-state index contributed by atoms with van der Waals surface area (Å²) in [6, 6.07) is 36.3. The van der Waals surface area contributed by atoms with Gasteiger partial charge in [-0.3, -0.25) is 9.97 Å². The van der Waals surface area contributed by atoms with E-state index in [2.05, 4.69) is 25.5 Å². The van der Waals surface area contributed by atoms with E-state index in [0.717, 1.165) is 50.4 Å². The fourth-order valence-electron chi connectivity index (χ4n) is 7.16. The molecule has 19 heteroatoms. The lowest BCUT2D eigenvalue weighted by Gasteiger charge is -2.16. The second kappa shape index (κ2) is 19.3. The van der Waals surface area contributed by atoms with Crippen LogP contribution in [-0.4, -0.2) is 60.9 Å². The Labute approximate surface area is 377 Å². The van der Waals surface area contributed by atoms with Crippen LogP contribution in [0, 0.1) is 11.9 Å². The van der Waals surface area contributed by atoms with E-state index >= 15 is 0 Å². The number of sulfonamides is 1. The highest BCUT2D eigenvalue weighted by Crippen LogP contribution is 2.31. The minimum atomic E-state index is -3.77. The zero-order chi connectivity index (χ0) is 45.7. The van der Waals surface area contributed by atoms with Crippen LogP contribution in [0.15, 0.2) is 168 Å². The van der Waals surface area contributed by atoms with Crippen molar-refractivity contribution in [3.63, 3.8) is 0 Å². The first kappa shape index (κ1) is 45.1. The molecule has 2 aliphatic heterocycles. The summed E-state index contributed by atoms with van der Waals surface area (Å²) in [6.45, 7) is 2.13. The number of pyridine rings is 2. The Kier molecular flexibility index (Phi) is 13.4. The molecule has 8 aromatic rings. The lowest BCUT2D eigenvalue weighted by Crippen LogP contribution is -2.25. The Bertz CT molecular complexity index is 3140. The number of hydrogen-bond donors (Lipinski definition) is 3. The second-order valence-corrected chi connectivity index (χ2v) is 19.3. The third-order valence-corrected chi connectivity index (χ3v) is 13.8. The van der Waals surface area contributed by atoms with Crippen LogP contribution in [0.1, 0.15) is 57.0 Å². The maximum Gasteiger partial charge on any atom is 0.261 e. The Hall–Kier alpha value is -6.51. The van der Waals surface area contributed by atoms with Crippen molar-refractivity contribution in [1.82, 2.24) is 39.2 Å². The van der Waals surface area contributed by atoms with Crippen molar-refractivity contribution < 1.29 is 35.8 Å². The molecule has 332 valence electrons. The van der Waals surface area contributed by atoms with Crippen LogP contribution in [0.25, 0.3) is 11.4 Å². The van der Waals surface area contributed by atoms with E-state index in [4.69, 9.17) is 10.7 Å². The predicted octanol–water partition coefficient (Wildman–Crippen LogP) is 6.90. The Balaban J connectivity index is 0.000000147. The van der Waals surface area contributed by atoms with Crippen molar-refractivity contribution in [3.8, 4) is 11.4 Å². The quantitative estimate of drug-likeness (QED) is 0.128. The standard InChI is InChI=1S/C23H19FN4O3S.C14H14N2O.C9H6ClFN2O2S/c24-22-10-11-26-28(22)19-6-8-20(9-7-19)32(30,31)27-14-17-12-21(25-13-18(17)15-27)23(29)16-4-2-1-3-5-16;17-14(10-4-2-1-3-5-10)13-6-11-7-15-8-12(11)9-16-13;10-16(14,15)8-3-1-7(2-4-8)13-9(11)5-6-12-13/h1-13,23,29H,14-15H2;1-6,9,14-15,17H,7-8H2;1-6H. The molecule has 4 aromatic carbocycles. The number of aliphatic hydroxyl groups is 2. The average Bonchev–Trinajstić information content (AvgIpc) is 4.17. The van der Waals surface area contributed by atoms with Gasteiger partial charge in [-0.25, -0.2) is 26.2 Å². The molecule has 10 rings (SSSR count). The van der Waals surface area contributed by atoms with Gasteiger partial charge in [0.05, 0.1) is 44.9 Å². The number of nitrogens with zero attached hydrogens (tertiary/aromatic N) is 7. The molecule has 0 saturated carbocycles. The Morgan fingerprint density at radius 3 is 1.49 bits per heavy atom. The first-order chi connectivity index (χ1) is 31.3. The summed E-state index contributed by atoms with van der Waals surface area (Å²) in [5, 5.41) is 31.8. The smallest absolute Gasteiger partial charge is 0.261 e. The molecule has 2 unspecified atom stereocenters. The van der Waals surface area contributed by atoms with Gasteiger partial charge in [-0.2, -0.15) is 23.3 Å². The summed E-state index contributed by atoms with van der Waals surface area (Å²) in [7, 11) is -2.37. The molecule has 0 bridgehead atoms. The van der Waals surface area contributed by atoms with Crippen LogP contribution in [0.4, 0.5) is 8.78 Å². The van der Waals surface area contributed by atoms with Crippen LogP contribution >= 0.6 is 10.7 Å². The highest BCUT2D eigenvalue weighted by molar-refractivity contribution is 8.13. The van der Waals surface area contributed by atoms with E-state index < -0.39 is 43.2 Å². The Morgan fingerprint density at radius 2 is 1.02 bits per heavy atom. The number of aliphatic hydroxyl groups excluding tert-OH is 2. The summed E-state index contributed by atoms with van der Waals surface area (Å²) < 4.78 is 78.6. The van der Waals surface area contributed by atoms with Gasteiger partial charge in [0, 0.05) is 61.4 Å². The molecule has 2 aliphatic rings. The number of benzene rings is 4. The van der Waals surface area contributed by atoms with Gasteiger partial charge in [0.2, 0.25) is 21.9 Å². The number of nitrogens with one attached hydrogen (secondary N) is 1. The zero-order valence-electron chi connectivity index (χ0n) is 34.1. The normalized spacial score (nSPS) is 14.3. The number of halogens is 3. The minimum absolute atomic E-state index is 0.0366. The van der Waals surface area contributed by atoms with Crippen LogP contribution in [0.2, 0.25) is 0 Å². The maximum atomic E-state index is 13.7. The van der Waals surface area contributed by atoms with E-state index in [0.29, 0.717) is 17.1 Å². The molecule has 6 heterocycles. The van der Waals surface area contributed by atoms with E-state index in [1.54, 1.807) is 12.3 Å². The molecule has 4 aromatic heterocycles. The zero-order valence-corrected chi connectivity index (χ0v) is 36.5. The molecule has 0 amide bonds. The van der Waals surface area contributed by atoms with Crippen molar-refractivity contribution in [1.29, 1.82) is 0 Å². The molecule has 0 saturated heterocycles.